The molecule has 0 saturated carbocycles. The van der Waals surface area contributed by atoms with Crippen LogP contribution in [0.4, 0.5) is 23.2 Å². The molecule has 0 heterocycles. The van der Waals surface area contributed by atoms with Gasteiger partial charge in [-0.05, 0) is 24.6 Å². The Labute approximate surface area is 105 Å². The van der Waals surface area contributed by atoms with Gasteiger partial charge >= 0.3 is 6.18 Å². The number of nitrogens with zero attached hydrogens (tertiary/aromatic N) is 2. The zero-order valence-electron chi connectivity index (χ0n) is 9.79. The van der Waals surface area contributed by atoms with E-state index in [1.807, 2.05) is 0 Å². The van der Waals surface area contributed by atoms with Gasteiger partial charge in [-0.1, -0.05) is 0 Å². The van der Waals surface area contributed by atoms with Gasteiger partial charge in [0.2, 0.25) is 5.96 Å². The van der Waals surface area contributed by atoms with Crippen LogP contribution in [0.1, 0.15) is 11.1 Å². The Morgan fingerprint density at radius 2 is 1.74 bits per heavy atom. The van der Waals surface area contributed by atoms with Crippen LogP contribution < -0.4 is 17.2 Å². The number of aliphatic imine (C=N–C) groups is 2. The molecule has 1 aromatic rings. The molecule has 6 N–H and O–H groups in total. The summed E-state index contributed by atoms with van der Waals surface area (Å²) in [6, 6.07) is 1.62. The second-order valence-electron chi connectivity index (χ2n) is 3.63. The molecule has 5 nitrogen and oxygen atoms in total. The molecule has 0 aliphatic rings. The van der Waals surface area contributed by atoms with E-state index in [9.17, 15) is 17.6 Å². The second-order valence-corrected chi connectivity index (χ2v) is 3.63. The summed E-state index contributed by atoms with van der Waals surface area (Å²) < 4.78 is 51.1. The number of hydrogen-bond acceptors (Lipinski definition) is 1. The van der Waals surface area contributed by atoms with E-state index in [0.717, 1.165) is 6.07 Å². The third-order valence-electron chi connectivity index (χ3n) is 2.03. The van der Waals surface area contributed by atoms with Gasteiger partial charge in [0.1, 0.15) is 5.82 Å². The number of aryl methyl sites for hydroxylation is 1. The van der Waals surface area contributed by atoms with Crippen molar-refractivity contribution in [3.63, 3.8) is 0 Å². The van der Waals surface area contributed by atoms with Crippen LogP contribution in [-0.2, 0) is 6.18 Å². The molecule has 0 aliphatic heterocycles. The minimum atomic E-state index is -4.83. The third kappa shape index (κ3) is 3.83. The average Bonchev–Trinajstić information content (AvgIpc) is 2.20. The zero-order chi connectivity index (χ0) is 14.8. The van der Waals surface area contributed by atoms with Crippen LogP contribution in [0, 0.1) is 12.7 Å². The highest BCUT2D eigenvalue weighted by atomic mass is 19.4. The zero-order valence-corrected chi connectivity index (χ0v) is 9.79. The lowest BCUT2D eigenvalue weighted by molar-refractivity contribution is -0.140. The number of nitrogens with two attached hydrogens (primary N) is 3. The molecule has 1 rings (SSSR count). The van der Waals surface area contributed by atoms with Gasteiger partial charge in [-0.15, -0.1) is 0 Å². The van der Waals surface area contributed by atoms with Crippen molar-refractivity contribution in [2.24, 2.45) is 27.2 Å². The maximum atomic E-state index is 13.4. The molecule has 0 spiro atoms. The summed E-state index contributed by atoms with van der Waals surface area (Å²) >= 11 is 0. The van der Waals surface area contributed by atoms with Crippen molar-refractivity contribution in [1.82, 2.24) is 0 Å². The topological polar surface area (TPSA) is 103 Å². The van der Waals surface area contributed by atoms with Crippen molar-refractivity contribution in [3.8, 4) is 0 Å². The molecule has 0 aliphatic carbocycles. The first kappa shape index (κ1) is 14.7. The number of rotatable bonds is 1. The van der Waals surface area contributed by atoms with E-state index >= 15 is 0 Å². The monoisotopic (exact) mass is 277 g/mol. The number of benzene rings is 1. The van der Waals surface area contributed by atoms with Crippen molar-refractivity contribution < 1.29 is 17.6 Å². The van der Waals surface area contributed by atoms with E-state index in [0.29, 0.717) is 6.07 Å². The third-order valence-corrected chi connectivity index (χ3v) is 2.03. The molecule has 0 aromatic heterocycles. The molecular weight excluding hydrogens is 266 g/mol. The summed E-state index contributed by atoms with van der Waals surface area (Å²) in [5.74, 6) is -2.18. The fraction of sp³-hybridized carbons (Fsp3) is 0.200. The van der Waals surface area contributed by atoms with Crippen LogP contribution in [0.5, 0.6) is 0 Å². The summed E-state index contributed by atoms with van der Waals surface area (Å²) in [5.41, 5.74) is 13.5. The summed E-state index contributed by atoms with van der Waals surface area (Å²) in [6.07, 6.45) is -4.83. The van der Waals surface area contributed by atoms with Gasteiger partial charge in [-0.2, -0.15) is 18.2 Å². The van der Waals surface area contributed by atoms with Gasteiger partial charge in [0, 0.05) is 0 Å². The van der Waals surface area contributed by atoms with Crippen LogP contribution in [0.25, 0.3) is 0 Å². The maximum Gasteiger partial charge on any atom is 0.419 e. The highest BCUT2D eigenvalue weighted by molar-refractivity contribution is 5.93. The largest absolute Gasteiger partial charge is 0.419 e. The Kier molecular flexibility index (Phi) is 3.98. The van der Waals surface area contributed by atoms with Crippen LogP contribution in [0.3, 0.4) is 0 Å². The van der Waals surface area contributed by atoms with Gasteiger partial charge in [0.25, 0.3) is 0 Å². The van der Waals surface area contributed by atoms with Crippen molar-refractivity contribution in [1.29, 1.82) is 0 Å². The van der Waals surface area contributed by atoms with Crippen LogP contribution >= 0.6 is 0 Å². The Hall–Kier alpha value is -2.32. The molecule has 0 unspecified atom stereocenters. The van der Waals surface area contributed by atoms with Gasteiger partial charge in [0.05, 0.1) is 11.3 Å². The normalized spacial score (nSPS) is 12.4. The number of guanidine groups is 2. The Bertz CT molecular complexity index is 544. The number of hydrogen-bond donors (Lipinski definition) is 3. The van der Waals surface area contributed by atoms with E-state index in [1.165, 1.54) is 6.92 Å². The van der Waals surface area contributed by atoms with Gasteiger partial charge in [-0.3, -0.25) is 0 Å². The molecule has 19 heavy (non-hydrogen) atoms. The predicted octanol–water partition coefficient (Wildman–Crippen LogP) is 1.37. The average molecular weight is 277 g/mol. The van der Waals surface area contributed by atoms with Gasteiger partial charge in [-0.25, -0.2) is 9.38 Å². The molecule has 0 radical (unpaired) electrons. The highest BCUT2D eigenvalue weighted by Crippen LogP contribution is 2.35. The van der Waals surface area contributed by atoms with E-state index in [4.69, 9.17) is 17.2 Å². The molecule has 0 fully saturated rings. The lowest BCUT2D eigenvalue weighted by atomic mass is 10.1. The minimum absolute atomic E-state index is 0.200. The summed E-state index contributed by atoms with van der Waals surface area (Å²) in [5, 5.41) is 0. The first-order valence-electron chi connectivity index (χ1n) is 4.92. The van der Waals surface area contributed by atoms with E-state index in [1.54, 1.807) is 0 Å². The van der Waals surface area contributed by atoms with Crippen molar-refractivity contribution in [2.45, 2.75) is 13.1 Å². The van der Waals surface area contributed by atoms with Crippen LogP contribution in [0.15, 0.2) is 22.1 Å². The predicted molar refractivity (Wildman–Crippen MR) is 63.2 cm³/mol. The van der Waals surface area contributed by atoms with Crippen molar-refractivity contribution in [3.05, 3.63) is 29.1 Å². The van der Waals surface area contributed by atoms with Crippen LogP contribution in [-0.4, -0.2) is 11.9 Å². The SMILES string of the molecule is Cc1cc(N=C(N)N=C(N)N)cc(C(F)(F)F)c1F. The lowest BCUT2D eigenvalue weighted by Gasteiger charge is -2.10. The molecule has 104 valence electrons. The number of alkyl halides is 3. The minimum Gasteiger partial charge on any atom is -0.370 e. The molecule has 1 aromatic carbocycles. The van der Waals surface area contributed by atoms with Crippen molar-refractivity contribution >= 4 is 17.6 Å². The summed E-state index contributed by atoms with van der Waals surface area (Å²) in [7, 11) is 0. The smallest absolute Gasteiger partial charge is 0.370 e. The molecule has 9 heteroatoms. The summed E-state index contributed by atoms with van der Waals surface area (Å²) in [4.78, 5) is 6.90. The molecular formula is C10H11F4N5. The fourth-order valence-electron chi connectivity index (χ4n) is 1.31. The molecule has 0 saturated heterocycles. The van der Waals surface area contributed by atoms with Gasteiger partial charge < -0.3 is 17.2 Å². The Morgan fingerprint density at radius 3 is 2.21 bits per heavy atom. The van der Waals surface area contributed by atoms with E-state index in [2.05, 4.69) is 9.98 Å². The molecule has 0 atom stereocenters. The quantitative estimate of drug-likeness (QED) is 0.410. The maximum absolute atomic E-state index is 13.4. The molecule has 0 bridgehead atoms. The number of halogens is 4. The Balaban J connectivity index is 3.33. The lowest BCUT2D eigenvalue weighted by Crippen LogP contribution is -2.26. The van der Waals surface area contributed by atoms with Crippen LogP contribution in [0.2, 0.25) is 0 Å². The van der Waals surface area contributed by atoms with Gasteiger partial charge in [0.15, 0.2) is 5.96 Å². The highest BCUT2D eigenvalue weighted by Gasteiger charge is 2.35. The first-order valence-corrected chi connectivity index (χ1v) is 4.92. The first-order chi connectivity index (χ1) is 8.61. The molecule has 0 amide bonds. The van der Waals surface area contributed by atoms with Crippen molar-refractivity contribution in [2.75, 3.05) is 0 Å². The van der Waals surface area contributed by atoms with E-state index < -0.39 is 29.5 Å². The second kappa shape index (κ2) is 5.12. The summed E-state index contributed by atoms with van der Waals surface area (Å²) in [6.45, 7) is 1.18. The Morgan fingerprint density at radius 1 is 1.16 bits per heavy atom. The fourth-order valence-corrected chi connectivity index (χ4v) is 1.31. The standard InChI is InChI=1S/C10H11F4N5/c1-4-2-5(18-9(17)19-8(15)16)3-6(7(4)11)10(12,13)14/h2-3H,1H3,(H6,15,16,17,18,19). The van der Waals surface area contributed by atoms with E-state index in [-0.39, 0.29) is 11.3 Å².